The minimum atomic E-state index is -3.67. The van der Waals surface area contributed by atoms with E-state index in [4.69, 9.17) is 11.6 Å². The SMILES string of the molecule is CC[C@@H](C(=O)NCc1ccc2ccccc2c1)N(c1ccc(Cl)cc1)S(C)(=O)=O. The number of halogens is 1. The van der Waals surface area contributed by atoms with Gasteiger partial charge in [0.25, 0.3) is 0 Å². The van der Waals surface area contributed by atoms with Crippen molar-refractivity contribution in [2.24, 2.45) is 0 Å². The molecule has 5 nitrogen and oxygen atoms in total. The summed E-state index contributed by atoms with van der Waals surface area (Å²) in [6.07, 6.45) is 1.43. The van der Waals surface area contributed by atoms with Crippen molar-refractivity contribution in [2.45, 2.75) is 25.9 Å². The van der Waals surface area contributed by atoms with E-state index in [0.717, 1.165) is 26.9 Å². The first-order chi connectivity index (χ1) is 13.8. The highest BCUT2D eigenvalue weighted by Gasteiger charge is 2.31. The van der Waals surface area contributed by atoms with Crippen molar-refractivity contribution in [1.82, 2.24) is 5.32 Å². The Balaban J connectivity index is 1.80. The molecule has 0 radical (unpaired) electrons. The summed E-state index contributed by atoms with van der Waals surface area (Å²) in [5.74, 6) is -0.346. The first-order valence-electron chi connectivity index (χ1n) is 9.30. The van der Waals surface area contributed by atoms with Crippen molar-refractivity contribution in [3.63, 3.8) is 0 Å². The average Bonchev–Trinajstić information content (AvgIpc) is 2.70. The normalized spacial score (nSPS) is 12.5. The maximum absolute atomic E-state index is 12.9. The lowest BCUT2D eigenvalue weighted by molar-refractivity contribution is -0.122. The molecule has 0 spiro atoms. The molecule has 0 aliphatic rings. The molecular formula is C22H23ClN2O3S. The Morgan fingerprint density at radius 2 is 1.69 bits per heavy atom. The Hall–Kier alpha value is -2.57. The van der Waals surface area contributed by atoms with Crippen molar-refractivity contribution in [2.75, 3.05) is 10.6 Å². The van der Waals surface area contributed by atoms with E-state index in [1.165, 1.54) is 0 Å². The van der Waals surface area contributed by atoms with Gasteiger partial charge in [-0.15, -0.1) is 0 Å². The van der Waals surface area contributed by atoms with Crippen LogP contribution in [0.1, 0.15) is 18.9 Å². The summed E-state index contributed by atoms with van der Waals surface area (Å²) in [5.41, 5.74) is 1.36. The predicted molar refractivity (Wildman–Crippen MR) is 119 cm³/mol. The number of nitrogens with one attached hydrogen (secondary N) is 1. The highest BCUT2D eigenvalue weighted by molar-refractivity contribution is 7.92. The molecular weight excluding hydrogens is 408 g/mol. The summed E-state index contributed by atoms with van der Waals surface area (Å²) in [5, 5.41) is 5.59. The van der Waals surface area contributed by atoms with Crippen LogP contribution in [-0.4, -0.2) is 26.6 Å². The first kappa shape index (κ1) is 21.1. The summed E-state index contributed by atoms with van der Waals surface area (Å²) in [6.45, 7) is 2.10. The summed E-state index contributed by atoms with van der Waals surface area (Å²) < 4.78 is 26.1. The molecule has 7 heteroatoms. The van der Waals surface area contributed by atoms with Crippen LogP contribution in [0.2, 0.25) is 5.02 Å². The zero-order valence-electron chi connectivity index (χ0n) is 16.3. The maximum Gasteiger partial charge on any atom is 0.244 e. The van der Waals surface area contributed by atoms with Gasteiger partial charge in [-0.1, -0.05) is 54.9 Å². The fourth-order valence-electron chi connectivity index (χ4n) is 3.30. The molecule has 0 saturated carbocycles. The van der Waals surface area contributed by atoms with Gasteiger partial charge in [-0.2, -0.15) is 0 Å². The Kier molecular flexibility index (Phi) is 6.45. The lowest BCUT2D eigenvalue weighted by atomic mass is 10.1. The van der Waals surface area contributed by atoms with Gasteiger partial charge in [-0.25, -0.2) is 8.42 Å². The van der Waals surface area contributed by atoms with Crippen molar-refractivity contribution in [3.8, 4) is 0 Å². The second kappa shape index (κ2) is 8.84. The highest BCUT2D eigenvalue weighted by atomic mass is 35.5. The van der Waals surface area contributed by atoms with Crippen molar-refractivity contribution in [1.29, 1.82) is 0 Å². The molecule has 0 bridgehead atoms. The summed E-state index contributed by atoms with van der Waals surface area (Å²) in [4.78, 5) is 12.9. The first-order valence-corrected chi connectivity index (χ1v) is 11.5. The van der Waals surface area contributed by atoms with Gasteiger partial charge in [0.2, 0.25) is 15.9 Å². The second-order valence-corrected chi connectivity index (χ2v) is 9.15. The van der Waals surface area contributed by atoms with Gasteiger partial charge in [-0.05, 0) is 53.1 Å². The highest BCUT2D eigenvalue weighted by Crippen LogP contribution is 2.24. The minimum Gasteiger partial charge on any atom is -0.350 e. The maximum atomic E-state index is 12.9. The van der Waals surface area contributed by atoms with Crippen LogP contribution in [0, 0.1) is 0 Å². The average molecular weight is 431 g/mol. The third-order valence-electron chi connectivity index (χ3n) is 4.69. The molecule has 152 valence electrons. The van der Waals surface area contributed by atoms with Gasteiger partial charge in [0.05, 0.1) is 11.9 Å². The van der Waals surface area contributed by atoms with E-state index in [1.54, 1.807) is 31.2 Å². The van der Waals surface area contributed by atoms with Gasteiger partial charge in [-0.3, -0.25) is 9.10 Å². The number of fused-ring (bicyclic) bond motifs is 1. The van der Waals surface area contributed by atoms with Crippen LogP contribution < -0.4 is 9.62 Å². The predicted octanol–water partition coefficient (Wildman–Crippen LogP) is 4.35. The molecule has 3 rings (SSSR count). The number of hydrogen-bond acceptors (Lipinski definition) is 3. The number of sulfonamides is 1. The number of amides is 1. The fraction of sp³-hybridized carbons (Fsp3) is 0.227. The van der Waals surface area contributed by atoms with Crippen LogP contribution in [0.3, 0.4) is 0 Å². The van der Waals surface area contributed by atoms with Gasteiger partial charge in [0, 0.05) is 11.6 Å². The van der Waals surface area contributed by atoms with E-state index in [1.807, 2.05) is 42.5 Å². The molecule has 0 aliphatic heterocycles. The molecule has 0 fully saturated rings. The molecule has 0 heterocycles. The number of carbonyl (C=O) groups excluding carboxylic acids is 1. The molecule has 3 aromatic carbocycles. The van der Waals surface area contributed by atoms with Crippen LogP contribution in [0.15, 0.2) is 66.7 Å². The monoisotopic (exact) mass is 430 g/mol. The topological polar surface area (TPSA) is 66.5 Å². The Morgan fingerprint density at radius 1 is 1.03 bits per heavy atom. The molecule has 1 atom stereocenters. The zero-order valence-corrected chi connectivity index (χ0v) is 17.9. The van der Waals surface area contributed by atoms with Crippen LogP contribution >= 0.6 is 11.6 Å². The van der Waals surface area contributed by atoms with E-state index < -0.39 is 16.1 Å². The van der Waals surface area contributed by atoms with Gasteiger partial charge in [0.15, 0.2) is 0 Å². The van der Waals surface area contributed by atoms with Crippen LogP contribution in [0.25, 0.3) is 10.8 Å². The summed E-state index contributed by atoms with van der Waals surface area (Å²) in [6, 6.07) is 19.5. The number of benzene rings is 3. The number of nitrogens with zero attached hydrogens (tertiary/aromatic N) is 1. The van der Waals surface area contributed by atoms with Crippen molar-refractivity contribution < 1.29 is 13.2 Å². The largest absolute Gasteiger partial charge is 0.350 e. The van der Waals surface area contributed by atoms with Gasteiger partial charge >= 0.3 is 0 Å². The Morgan fingerprint density at radius 3 is 2.31 bits per heavy atom. The van der Waals surface area contributed by atoms with E-state index in [-0.39, 0.29) is 5.91 Å². The number of anilines is 1. The molecule has 1 amide bonds. The quantitative estimate of drug-likeness (QED) is 0.605. The summed E-state index contributed by atoms with van der Waals surface area (Å²) >= 11 is 5.92. The van der Waals surface area contributed by atoms with Crippen LogP contribution in [-0.2, 0) is 21.4 Å². The second-order valence-electron chi connectivity index (χ2n) is 6.86. The summed E-state index contributed by atoms with van der Waals surface area (Å²) in [7, 11) is -3.67. The van der Waals surface area contributed by atoms with Crippen LogP contribution in [0.5, 0.6) is 0 Å². The van der Waals surface area contributed by atoms with Gasteiger partial charge in [0.1, 0.15) is 6.04 Å². The third kappa shape index (κ3) is 5.08. The molecule has 3 aromatic rings. The third-order valence-corrected chi connectivity index (χ3v) is 6.12. The number of hydrogen-bond donors (Lipinski definition) is 1. The van der Waals surface area contributed by atoms with Crippen molar-refractivity contribution >= 4 is 44.0 Å². The smallest absolute Gasteiger partial charge is 0.244 e. The molecule has 1 N–H and O–H groups in total. The van der Waals surface area contributed by atoms with E-state index in [9.17, 15) is 13.2 Å². The van der Waals surface area contributed by atoms with E-state index in [2.05, 4.69) is 5.32 Å². The fourth-order valence-corrected chi connectivity index (χ4v) is 4.64. The number of carbonyl (C=O) groups is 1. The minimum absolute atomic E-state index is 0.318. The molecule has 0 saturated heterocycles. The van der Waals surface area contributed by atoms with Crippen LogP contribution in [0.4, 0.5) is 5.69 Å². The molecule has 0 aliphatic carbocycles. The number of rotatable bonds is 7. The lowest BCUT2D eigenvalue weighted by Crippen LogP contribution is -2.49. The zero-order chi connectivity index (χ0) is 21.0. The Labute approximate surface area is 176 Å². The van der Waals surface area contributed by atoms with Gasteiger partial charge < -0.3 is 5.32 Å². The molecule has 0 unspecified atom stereocenters. The molecule has 29 heavy (non-hydrogen) atoms. The Bertz CT molecular complexity index is 1110. The molecule has 0 aromatic heterocycles. The lowest BCUT2D eigenvalue weighted by Gasteiger charge is -2.30. The van der Waals surface area contributed by atoms with E-state index in [0.29, 0.717) is 23.7 Å². The standard InChI is InChI=1S/C22H23ClN2O3S/c1-3-21(25(29(2,27)28)20-12-10-19(23)11-13-20)22(26)24-15-16-8-9-17-6-4-5-7-18(17)14-16/h4-14,21H,3,15H2,1-2H3,(H,24,26)/t21-/m0/s1. The van der Waals surface area contributed by atoms with Crippen molar-refractivity contribution in [3.05, 3.63) is 77.3 Å². The van der Waals surface area contributed by atoms with E-state index >= 15 is 0 Å².